The van der Waals surface area contributed by atoms with Crippen LogP contribution in [0.15, 0.2) is 121 Å². The third-order valence-corrected chi connectivity index (χ3v) is 5.81. The molecular weight excluding hydrogens is 414 g/mol. The Morgan fingerprint density at radius 2 is 0.529 bits per heavy atom. The molecule has 4 aromatic rings. The maximum atomic E-state index is 3.74. The smallest absolute Gasteiger partial charge is 0.307 e. The predicted molar refractivity (Wildman–Crippen MR) is 145 cm³/mol. The Morgan fingerprint density at radius 1 is 0.324 bits per heavy atom. The highest BCUT2D eigenvalue weighted by Gasteiger charge is 2.30. The molecule has 0 aliphatic rings. The van der Waals surface area contributed by atoms with Gasteiger partial charge in [0.15, 0.2) is 0 Å². The first-order valence-electron chi connectivity index (χ1n) is 12.0. The zero-order valence-corrected chi connectivity index (χ0v) is 19.5. The zero-order chi connectivity index (χ0) is 23.3. The van der Waals surface area contributed by atoms with Crippen molar-refractivity contribution in [2.24, 2.45) is 0 Å². The molecule has 0 heterocycles. The van der Waals surface area contributed by atoms with E-state index in [-0.39, 0.29) is 13.7 Å². The van der Waals surface area contributed by atoms with E-state index in [0.29, 0.717) is 0 Å². The summed E-state index contributed by atoms with van der Waals surface area (Å²) in [7, 11) is 0. The molecular formula is C28H32B2N4. The van der Waals surface area contributed by atoms with Gasteiger partial charge in [0.05, 0.1) is 0 Å². The molecule has 0 saturated carbocycles. The Bertz CT molecular complexity index is 891. The van der Waals surface area contributed by atoms with Crippen LogP contribution in [0.3, 0.4) is 0 Å². The van der Waals surface area contributed by atoms with Gasteiger partial charge in [-0.15, -0.1) is 0 Å². The fourth-order valence-corrected chi connectivity index (χ4v) is 3.91. The molecule has 0 fully saturated rings. The number of rotatable bonds is 13. The van der Waals surface area contributed by atoms with E-state index in [1.807, 2.05) is 0 Å². The van der Waals surface area contributed by atoms with Crippen LogP contribution in [0.1, 0.15) is 22.3 Å². The fraction of sp³-hybridized carbons (Fsp3) is 0.143. The van der Waals surface area contributed by atoms with E-state index in [1.165, 1.54) is 22.3 Å². The van der Waals surface area contributed by atoms with Gasteiger partial charge in [0, 0.05) is 26.2 Å². The number of nitrogens with one attached hydrogen (secondary N) is 4. The van der Waals surface area contributed by atoms with Gasteiger partial charge in [0.25, 0.3) is 0 Å². The van der Waals surface area contributed by atoms with Crippen LogP contribution in [-0.2, 0) is 26.2 Å². The average molecular weight is 446 g/mol. The van der Waals surface area contributed by atoms with Crippen molar-refractivity contribution in [2.75, 3.05) is 0 Å². The monoisotopic (exact) mass is 446 g/mol. The highest BCUT2D eigenvalue weighted by Crippen LogP contribution is 2.03. The van der Waals surface area contributed by atoms with Gasteiger partial charge in [-0.25, -0.2) is 0 Å². The minimum absolute atomic E-state index is 0.00726. The maximum Gasteiger partial charge on any atom is 0.307 e. The SMILES string of the molecule is c1ccc(CNB(NCc2ccccc2)B(NCc2ccccc2)NCc2ccccc2)cc1. The van der Waals surface area contributed by atoms with Gasteiger partial charge in [0.2, 0.25) is 0 Å². The van der Waals surface area contributed by atoms with Crippen LogP contribution >= 0.6 is 0 Å². The van der Waals surface area contributed by atoms with Crippen LogP contribution in [-0.4, -0.2) is 13.7 Å². The number of benzene rings is 4. The highest BCUT2D eigenvalue weighted by molar-refractivity contribution is 7.17. The average Bonchev–Trinajstić information content (AvgIpc) is 2.91. The van der Waals surface area contributed by atoms with Crippen molar-refractivity contribution >= 4 is 13.7 Å². The van der Waals surface area contributed by atoms with Crippen molar-refractivity contribution in [3.63, 3.8) is 0 Å². The van der Waals surface area contributed by atoms with Crippen molar-refractivity contribution in [3.8, 4) is 0 Å². The number of hydrogen-bond donors (Lipinski definition) is 4. The quantitative estimate of drug-likeness (QED) is 0.233. The molecule has 170 valence electrons. The zero-order valence-electron chi connectivity index (χ0n) is 19.5. The van der Waals surface area contributed by atoms with E-state index >= 15 is 0 Å². The molecule has 0 aliphatic carbocycles. The standard InChI is InChI=1S/C28H32B2N4/c1-5-13-25(14-6-1)21-31-29(32-22-26-15-7-2-8-16-26)30(33-23-27-17-9-3-10-18-27)34-24-28-19-11-4-12-20-28/h1-20,31-34H,21-24H2. The van der Waals surface area contributed by atoms with Crippen molar-refractivity contribution in [2.45, 2.75) is 26.2 Å². The molecule has 4 aromatic carbocycles. The Morgan fingerprint density at radius 3 is 0.735 bits per heavy atom. The first-order valence-corrected chi connectivity index (χ1v) is 12.0. The Kier molecular flexibility index (Phi) is 9.55. The van der Waals surface area contributed by atoms with Gasteiger partial charge in [-0.05, 0) is 22.3 Å². The molecule has 0 bridgehead atoms. The lowest BCUT2D eigenvalue weighted by atomic mass is 9.34. The predicted octanol–water partition coefficient (Wildman–Crippen LogP) is 4.20. The second kappa shape index (κ2) is 13.5. The summed E-state index contributed by atoms with van der Waals surface area (Å²) in [5.74, 6) is 0. The van der Waals surface area contributed by atoms with Crippen molar-refractivity contribution in [1.29, 1.82) is 0 Å². The molecule has 4 N–H and O–H groups in total. The van der Waals surface area contributed by atoms with Crippen LogP contribution in [0.25, 0.3) is 0 Å². The minimum Gasteiger partial charge on any atom is -0.342 e. The minimum atomic E-state index is 0.00726. The van der Waals surface area contributed by atoms with Gasteiger partial charge in [-0.1, -0.05) is 121 Å². The van der Waals surface area contributed by atoms with E-state index < -0.39 is 0 Å². The molecule has 0 radical (unpaired) electrons. The van der Waals surface area contributed by atoms with E-state index in [9.17, 15) is 0 Å². The second-order valence-electron chi connectivity index (χ2n) is 8.42. The van der Waals surface area contributed by atoms with E-state index in [1.54, 1.807) is 0 Å². The summed E-state index contributed by atoms with van der Waals surface area (Å²) >= 11 is 0. The van der Waals surface area contributed by atoms with Gasteiger partial charge < -0.3 is 20.9 Å². The number of hydrogen-bond acceptors (Lipinski definition) is 4. The van der Waals surface area contributed by atoms with Gasteiger partial charge in [0.1, 0.15) is 0 Å². The summed E-state index contributed by atoms with van der Waals surface area (Å²) in [4.78, 5) is 0. The summed E-state index contributed by atoms with van der Waals surface area (Å²) in [6, 6.07) is 42.2. The Hall–Kier alpha value is -3.15. The summed E-state index contributed by atoms with van der Waals surface area (Å²) in [6.07, 6.45) is 0. The van der Waals surface area contributed by atoms with Crippen LogP contribution in [0.5, 0.6) is 0 Å². The Balaban J connectivity index is 1.48. The molecule has 6 heteroatoms. The molecule has 4 rings (SSSR count). The largest absolute Gasteiger partial charge is 0.342 e. The second-order valence-corrected chi connectivity index (χ2v) is 8.42. The van der Waals surface area contributed by atoms with Crippen LogP contribution < -0.4 is 20.9 Å². The lowest BCUT2D eigenvalue weighted by Crippen LogP contribution is -2.69. The third-order valence-electron chi connectivity index (χ3n) is 5.81. The van der Waals surface area contributed by atoms with Crippen LogP contribution in [0, 0.1) is 0 Å². The molecule has 0 unspecified atom stereocenters. The Labute approximate surface area is 204 Å². The van der Waals surface area contributed by atoms with E-state index in [0.717, 1.165) is 26.2 Å². The van der Waals surface area contributed by atoms with Crippen molar-refractivity contribution in [1.82, 2.24) is 20.9 Å². The molecule has 0 atom stereocenters. The molecule has 0 aliphatic heterocycles. The van der Waals surface area contributed by atoms with Crippen LogP contribution in [0.4, 0.5) is 0 Å². The summed E-state index contributed by atoms with van der Waals surface area (Å²) in [6.45, 7) is 3.14. The first-order chi connectivity index (χ1) is 16.9. The first kappa shape index (κ1) is 24.0. The van der Waals surface area contributed by atoms with Crippen molar-refractivity contribution < 1.29 is 0 Å². The summed E-state index contributed by atoms with van der Waals surface area (Å²) in [5.41, 5.74) is 5.05. The van der Waals surface area contributed by atoms with E-state index in [4.69, 9.17) is 0 Å². The molecule has 0 amide bonds. The molecule has 0 spiro atoms. The topological polar surface area (TPSA) is 48.1 Å². The highest BCUT2D eigenvalue weighted by atomic mass is 15.0. The van der Waals surface area contributed by atoms with Crippen LogP contribution in [0.2, 0.25) is 0 Å². The third kappa shape index (κ3) is 8.01. The van der Waals surface area contributed by atoms with Crippen molar-refractivity contribution in [3.05, 3.63) is 144 Å². The fourth-order valence-electron chi connectivity index (χ4n) is 3.91. The van der Waals surface area contributed by atoms with Gasteiger partial charge in [-0.3, -0.25) is 0 Å². The van der Waals surface area contributed by atoms with E-state index in [2.05, 4.69) is 142 Å². The summed E-state index contributed by atoms with van der Waals surface area (Å²) in [5, 5.41) is 15.0. The van der Waals surface area contributed by atoms with Gasteiger partial charge >= 0.3 is 13.7 Å². The molecule has 0 aromatic heterocycles. The normalized spacial score (nSPS) is 10.7. The molecule has 0 saturated heterocycles. The molecule has 34 heavy (non-hydrogen) atoms. The summed E-state index contributed by atoms with van der Waals surface area (Å²) < 4.78 is 0. The lowest BCUT2D eigenvalue weighted by molar-refractivity contribution is 0.822. The maximum absolute atomic E-state index is 3.74. The lowest BCUT2D eigenvalue weighted by Gasteiger charge is -2.25. The molecule has 4 nitrogen and oxygen atoms in total. The van der Waals surface area contributed by atoms with Gasteiger partial charge in [-0.2, -0.15) is 0 Å².